The van der Waals surface area contributed by atoms with Crippen molar-refractivity contribution in [1.29, 1.82) is 0 Å². The van der Waals surface area contributed by atoms with Gasteiger partial charge >= 0.3 is 0 Å². The molecule has 0 aliphatic heterocycles. The topological polar surface area (TPSA) is 60.2 Å². The molecule has 0 spiro atoms. The molecule has 0 saturated carbocycles. The van der Waals surface area contributed by atoms with E-state index in [-0.39, 0.29) is 4.90 Å². The van der Waals surface area contributed by atoms with Crippen LogP contribution in [0.25, 0.3) is 0 Å². The zero-order valence-corrected chi connectivity index (χ0v) is 14.0. The van der Waals surface area contributed by atoms with Crippen LogP contribution < -0.4 is 0 Å². The Balaban J connectivity index is 2.24. The van der Waals surface area contributed by atoms with E-state index in [1.54, 1.807) is 38.1 Å². The SMILES string of the molecule is Cc1noc(C)c1C(c1ccccc1)S(=O)(=O)c1ccc(F)cc1. The van der Waals surface area contributed by atoms with Gasteiger partial charge in [-0.2, -0.15) is 0 Å². The summed E-state index contributed by atoms with van der Waals surface area (Å²) in [4.78, 5) is 0.0535. The van der Waals surface area contributed by atoms with Gasteiger partial charge in [0.25, 0.3) is 0 Å². The second kappa shape index (κ2) is 6.20. The molecule has 0 radical (unpaired) electrons. The molecule has 1 aromatic heterocycles. The first kappa shape index (κ1) is 16.4. The third-order valence-corrected chi connectivity index (χ3v) is 5.96. The summed E-state index contributed by atoms with van der Waals surface area (Å²) >= 11 is 0. The highest BCUT2D eigenvalue weighted by Crippen LogP contribution is 2.38. The van der Waals surface area contributed by atoms with Crippen LogP contribution in [0.15, 0.2) is 64.0 Å². The number of hydrogen-bond acceptors (Lipinski definition) is 4. The van der Waals surface area contributed by atoms with Gasteiger partial charge in [0, 0.05) is 5.56 Å². The summed E-state index contributed by atoms with van der Waals surface area (Å²) in [5, 5.41) is 2.92. The number of halogens is 1. The van der Waals surface area contributed by atoms with E-state index < -0.39 is 20.9 Å². The smallest absolute Gasteiger partial charge is 0.189 e. The van der Waals surface area contributed by atoms with Crippen molar-refractivity contribution in [2.24, 2.45) is 0 Å². The maximum absolute atomic E-state index is 13.3. The zero-order valence-electron chi connectivity index (χ0n) is 13.2. The number of hydrogen-bond donors (Lipinski definition) is 0. The van der Waals surface area contributed by atoms with Crippen molar-refractivity contribution >= 4 is 9.84 Å². The fourth-order valence-corrected chi connectivity index (χ4v) is 4.70. The van der Waals surface area contributed by atoms with Gasteiger partial charge in [-0.05, 0) is 43.7 Å². The first-order chi connectivity index (χ1) is 11.4. The molecule has 0 aliphatic carbocycles. The third kappa shape index (κ3) is 2.85. The normalized spacial score (nSPS) is 13.0. The highest BCUT2D eigenvalue weighted by atomic mass is 32.2. The maximum Gasteiger partial charge on any atom is 0.189 e. The highest BCUT2D eigenvalue weighted by molar-refractivity contribution is 7.92. The van der Waals surface area contributed by atoms with Gasteiger partial charge in [0.2, 0.25) is 0 Å². The van der Waals surface area contributed by atoms with E-state index >= 15 is 0 Å². The minimum atomic E-state index is -3.81. The average Bonchev–Trinajstić information content (AvgIpc) is 2.89. The number of aryl methyl sites for hydroxylation is 2. The van der Waals surface area contributed by atoms with E-state index in [1.807, 2.05) is 6.07 Å². The lowest BCUT2D eigenvalue weighted by atomic mass is 10.0. The Hall–Kier alpha value is -2.47. The fourth-order valence-electron chi connectivity index (χ4n) is 2.75. The zero-order chi connectivity index (χ0) is 17.3. The Kier molecular flexibility index (Phi) is 4.24. The van der Waals surface area contributed by atoms with E-state index in [9.17, 15) is 12.8 Å². The van der Waals surface area contributed by atoms with Crippen LogP contribution in [-0.4, -0.2) is 13.6 Å². The molecule has 124 valence electrons. The molecule has 0 amide bonds. The molecule has 0 fully saturated rings. The molecule has 4 nitrogen and oxygen atoms in total. The molecule has 3 rings (SSSR count). The van der Waals surface area contributed by atoms with Crippen molar-refractivity contribution in [2.75, 3.05) is 0 Å². The molecule has 1 atom stereocenters. The molecule has 2 aromatic carbocycles. The van der Waals surface area contributed by atoms with Gasteiger partial charge in [0.05, 0.1) is 10.6 Å². The Morgan fingerprint density at radius 3 is 2.17 bits per heavy atom. The van der Waals surface area contributed by atoms with E-state index in [4.69, 9.17) is 4.52 Å². The van der Waals surface area contributed by atoms with E-state index in [1.165, 1.54) is 12.1 Å². The molecule has 0 bridgehead atoms. The van der Waals surface area contributed by atoms with Crippen LogP contribution in [0.5, 0.6) is 0 Å². The predicted octanol–water partition coefficient (Wildman–Crippen LogP) is 3.99. The fraction of sp³-hybridized carbons (Fsp3) is 0.167. The van der Waals surface area contributed by atoms with E-state index in [0.29, 0.717) is 22.6 Å². The van der Waals surface area contributed by atoms with Crippen molar-refractivity contribution in [3.63, 3.8) is 0 Å². The lowest BCUT2D eigenvalue weighted by Crippen LogP contribution is -2.16. The average molecular weight is 345 g/mol. The van der Waals surface area contributed by atoms with Crippen LogP contribution in [0, 0.1) is 19.7 Å². The van der Waals surface area contributed by atoms with E-state index in [2.05, 4.69) is 5.16 Å². The largest absolute Gasteiger partial charge is 0.361 e. The Morgan fingerprint density at radius 2 is 1.62 bits per heavy atom. The molecular weight excluding hydrogens is 329 g/mol. The predicted molar refractivity (Wildman–Crippen MR) is 87.8 cm³/mol. The van der Waals surface area contributed by atoms with E-state index in [0.717, 1.165) is 12.1 Å². The lowest BCUT2D eigenvalue weighted by Gasteiger charge is -2.18. The minimum absolute atomic E-state index is 0.0535. The van der Waals surface area contributed by atoms with Crippen LogP contribution >= 0.6 is 0 Å². The summed E-state index contributed by atoms with van der Waals surface area (Å²) < 4.78 is 44.9. The summed E-state index contributed by atoms with van der Waals surface area (Å²) in [7, 11) is -3.81. The van der Waals surface area contributed by atoms with Crippen molar-refractivity contribution < 1.29 is 17.3 Å². The molecule has 0 N–H and O–H groups in total. The van der Waals surface area contributed by atoms with Crippen LogP contribution in [0.2, 0.25) is 0 Å². The van der Waals surface area contributed by atoms with Crippen LogP contribution in [0.4, 0.5) is 4.39 Å². The summed E-state index contributed by atoms with van der Waals surface area (Å²) in [6.07, 6.45) is 0. The molecule has 6 heteroatoms. The first-order valence-electron chi connectivity index (χ1n) is 7.38. The number of benzene rings is 2. The minimum Gasteiger partial charge on any atom is -0.361 e. The van der Waals surface area contributed by atoms with Crippen molar-refractivity contribution in [1.82, 2.24) is 5.16 Å². The summed E-state index contributed by atoms with van der Waals surface area (Å²) in [5.74, 6) is -0.0328. The highest BCUT2D eigenvalue weighted by Gasteiger charge is 2.35. The first-order valence-corrected chi connectivity index (χ1v) is 8.93. The molecule has 3 aromatic rings. The Morgan fingerprint density at radius 1 is 1.00 bits per heavy atom. The Labute approximate surface area is 139 Å². The van der Waals surface area contributed by atoms with Crippen molar-refractivity contribution in [3.05, 3.63) is 83.0 Å². The van der Waals surface area contributed by atoms with Gasteiger partial charge < -0.3 is 4.52 Å². The maximum atomic E-state index is 13.3. The molecule has 0 aliphatic rings. The second-order valence-electron chi connectivity index (χ2n) is 5.53. The standard InChI is InChI=1S/C18H16FNO3S/c1-12-17(13(2)23-20-12)18(14-6-4-3-5-7-14)24(21,22)16-10-8-15(19)9-11-16/h3-11,18H,1-2H3. The molecule has 1 heterocycles. The lowest BCUT2D eigenvalue weighted by molar-refractivity contribution is 0.392. The summed E-state index contributed by atoms with van der Waals surface area (Å²) in [5.41, 5.74) is 1.65. The Bertz CT molecular complexity index is 928. The third-order valence-electron chi connectivity index (χ3n) is 3.91. The molecule has 1 unspecified atom stereocenters. The quantitative estimate of drug-likeness (QED) is 0.671. The van der Waals surface area contributed by atoms with Crippen LogP contribution in [0.1, 0.15) is 27.8 Å². The second-order valence-corrected chi connectivity index (χ2v) is 7.56. The van der Waals surface area contributed by atoms with Gasteiger partial charge in [-0.3, -0.25) is 0 Å². The van der Waals surface area contributed by atoms with Gasteiger partial charge in [0.15, 0.2) is 9.84 Å². The van der Waals surface area contributed by atoms with Crippen molar-refractivity contribution in [3.8, 4) is 0 Å². The van der Waals surface area contributed by atoms with Gasteiger partial charge in [-0.15, -0.1) is 0 Å². The van der Waals surface area contributed by atoms with Crippen LogP contribution in [0.3, 0.4) is 0 Å². The number of aromatic nitrogens is 1. The van der Waals surface area contributed by atoms with Gasteiger partial charge in [-0.1, -0.05) is 35.5 Å². The number of rotatable bonds is 4. The monoisotopic (exact) mass is 345 g/mol. The van der Waals surface area contributed by atoms with Crippen molar-refractivity contribution in [2.45, 2.75) is 24.0 Å². The number of nitrogens with zero attached hydrogens (tertiary/aromatic N) is 1. The molecule has 0 saturated heterocycles. The molecular formula is C18H16FNO3S. The van der Waals surface area contributed by atoms with Gasteiger partial charge in [0.1, 0.15) is 16.8 Å². The number of sulfone groups is 1. The van der Waals surface area contributed by atoms with Gasteiger partial charge in [-0.25, -0.2) is 12.8 Å². The van der Waals surface area contributed by atoms with Crippen LogP contribution in [-0.2, 0) is 9.84 Å². The summed E-state index contributed by atoms with van der Waals surface area (Å²) in [6.45, 7) is 3.40. The summed E-state index contributed by atoms with van der Waals surface area (Å²) in [6, 6.07) is 13.7. The molecule has 24 heavy (non-hydrogen) atoms.